The summed E-state index contributed by atoms with van der Waals surface area (Å²) in [5, 5.41) is 16.4. The van der Waals surface area contributed by atoms with Crippen molar-refractivity contribution in [1.29, 1.82) is 0 Å². The lowest BCUT2D eigenvalue weighted by Gasteiger charge is -2.10. The van der Waals surface area contributed by atoms with Crippen LogP contribution in [0.1, 0.15) is 12.6 Å². The average molecular weight is 430 g/mol. The number of para-hydroxylation sites is 2. The van der Waals surface area contributed by atoms with Crippen LogP contribution in [0.15, 0.2) is 59.1 Å². The Morgan fingerprint density at radius 3 is 2.82 bits per heavy atom. The molecule has 9 heteroatoms. The second-order valence-corrected chi connectivity index (χ2v) is 7.89. The van der Waals surface area contributed by atoms with E-state index in [1.807, 2.05) is 60.8 Å². The minimum atomic E-state index is 0.575. The van der Waals surface area contributed by atoms with Crippen LogP contribution in [0.5, 0.6) is 5.75 Å². The van der Waals surface area contributed by atoms with Crippen molar-refractivity contribution in [3.8, 4) is 22.0 Å². The van der Waals surface area contributed by atoms with Crippen molar-refractivity contribution < 1.29 is 4.74 Å². The van der Waals surface area contributed by atoms with Crippen LogP contribution in [0.25, 0.3) is 16.3 Å². The first-order chi connectivity index (χ1) is 13.8. The molecule has 0 aliphatic carbocycles. The summed E-state index contributed by atoms with van der Waals surface area (Å²) in [5.74, 6) is 1.40. The lowest BCUT2D eigenvalue weighted by molar-refractivity contribution is 0.337. The molecule has 2 aromatic heterocycles. The van der Waals surface area contributed by atoms with Crippen molar-refractivity contribution in [2.75, 3.05) is 6.61 Å². The van der Waals surface area contributed by atoms with E-state index < -0.39 is 0 Å². The molecule has 28 heavy (non-hydrogen) atoms. The van der Waals surface area contributed by atoms with E-state index in [4.69, 9.17) is 21.3 Å². The monoisotopic (exact) mass is 429 g/mol. The van der Waals surface area contributed by atoms with Gasteiger partial charge in [0.1, 0.15) is 16.4 Å². The SMILES string of the molecule is CCOc1ccccc1-n1nnnc1SCc1csc(-c2ccccc2Cl)n1. The number of tetrazole rings is 1. The topological polar surface area (TPSA) is 65.7 Å². The summed E-state index contributed by atoms with van der Waals surface area (Å²) in [7, 11) is 0. The lowest BCUT2D eigenvalue weighted by Crippen LogP contribution is -2.03. The number of thioether (sulfide) groups is 1. The standard InChI is InChI=1S/C19H16ClN5OS2/c1-2-26-17-10-6-5-9-16(17)25-19(22-23-24-25)28-12-13-11-27-18(21-13)14-7-3-4-8-15(14)20/h3-11H,2,12H2,1H3. The van der Waals surface area contributed by atoms with Crippen LogP contribution in [0.3, 0.4) is 0 Å². The van der Waals surface area contributed by atoms with E-state index in [-0.39, 0.29) is 0 Å². The third-order valence-electron chi connectivity index (χ3n) is 3.84. The van der Waals surface area contributed by atoms with Gasteiger partial charge in [0.25, 0.3) is 0 Å². The van der Waals surface area contributed by atoms with Crippen molar-refractivity contribution in [3.63, 3.8) is 0 Å². The van der Waals surface area contributed by atoms with Crippen LogP contribution in [0, 0.1) is 0 Å². The average Bonchev–Trinajstić information content (AvgIpc) is 3.37. The summed E-state index contributed by atoms with van der Waals surface area (Å²) >= 11 is 9.38. The van der Waals surface area contributed by atoms with Gasteiger partial charge in [0.05, 0.1) is 17.3 Å². The lowest BCUT2D eigenvalue weighted by atomic mass is 10.2. The maximum absolute atomic E-state index is 6.28. The van der Waals surface area contributed by atoms with E-state index in [0.717, 1.165) is 27.7 Å². The van der Waals surface area contributed by atoms with Crippen LogP contribution in [0.4, 0.5) is 0 Å². The van der Waals surface area contributed by atoms with Crippen molar-refractivity contribution in [2.24, 2.45) is 0 Å². The van der Waals surface area contributed by atoms with Crippen molar-refractivity contribution in [2.45, 2.75) is 17.8 Å². The predicted octanol–water partition coefficient (Wildman–Crippen LogP) is 5.13. The van der Waals surface area contributed by atoms with Crippen molar-refractivity contribution >= 4 is 34.7 Å². The van der Waals surface area contributed by atoms with Gasteiger partial charge in [-0.3, -0.25) is 0 Å². The Hall–Kier alpha value is -2.42. The van der Waals surface area contributed by atoms with Crippen LogP contribution in [-0.4, -0.2) is 31.8 Å². The molecule has 0 amide bonds. The van der Waals surface area contributed by atoms with Crippen LogP contribution >= 0.6 is 34.7 Å². The minimum Gasteiger partial charge on any atom is -0.492 e. The van der Waals surface area contributed by atoms with Crippen LogP contribution < -0.4 is 4.74 Å². The summed E-state index contributed by atoms with van der Waals surface area (Å²) in [4.78, 5) is 4.70. The highest BCUT2D eigenvalue weighted by Gasteiger charge is 2.15. The largest absolute Gasteiger partial charge is 0.492 e. The molecule has 0 saturated carbocycles. The molecule has 0 radical (unpaired) electrons. The quantitative estimate of drug-likeness (QED) is 0.379. The number of nitrogens with zero attached hydrogens (tertiary/aromatic N) is 5. The third kappa shape index (κ3) is 4.04. The molecule has 0 N–H and O–H groups in total. The fourth-order valence-corrected chi connectivity index (χ4v) is 4.62. The molecule has 0 aliphatic heterocycles. The number of ether oxygens (including phenoxy) is 1. The molecule has 0 aliphatic rings. The Morgan fingerprint density at radius 2 is 1.96 bits per heavy atom. The van der Waals surface area contributed by atoms with Gasteiger partial charge in [-0.2, -0.15) is 4.68 Å². The van der Waals surface area contributed by atoms with Gasteiger partial charge in [0.15, 0.2) is 0 Å². The zero-order valence-corrected chi connectivity index (χ0v) is 17.3. The number of rotatable bonds is 7. The van der Waals surface area contributed by atoms with Gasteiger partial charge in [0.2, 0.25) is 5.16 Å². The summed E-state index contributed by atoms with van der Waals surface area (Å²) in [5.41, 5.74) is 2.71. The molecule has 0 saturated heterocycles. The summed E-state index contributed by atoms with van der Waals surface area (Å²) in [6, 6.07) is 15.4. The Labute approximate surface area is 175 Å². The van der Waals surface area contributed by atoms with Gasteiger partial charge in [-0.1, -0.05) is 53.7 Å². The number of benzene rings is 2. The highest BCUT2D eigenvalue weighted by Crippen LogP contribution is 2.32. The molecule has 0 atom stereocenters. The second kappa shape index (κ2) is 8.72. The van der Waals surface area contributed by atoms with Gasteiger partial charge < -0.3 is 4.74 Å². The Kier molecular flexibility index (Phi) is 5.90. The predicted molar refractivity (Wildman–Crippen MR) is 112 cm³/mol. The summed E-state index contributed by atoms with van der Waals surface area (Å²) in [6.07, 6.45) is 0. The first-order valence-corrected chi connectivity index (χ1v) is 10.8. The maximum Gasteiger partial charge on any atom is 0.214 e. The molecule has 4 aromatic rings. The van der Waals surface area contributed by atoms with Gasteiger partial charge >= 0.3 is 0 Å². The molecule has 2 aromatic carbocycles. The highest BCUT2D eigenvalue weighted by atomic mass is 35.5. The maximum atomic E-state index is 6.28. The van der Waals surface area contributed by atoms with Gasteiger partial charge in [-0.15, -0.1) is 16.4 Å². The number of hydrogen-bond acceptors (Lipinski definition) is 7. The number of hydrogen-bond donors (Lipinski definition) is 0. The zero-order chi connectivity index (χ0) is 19.3. The van der Waals surface area contributed by atoms with E-state index in [0.29, 0.717) is 22.5 Å². The molecular formula is C19H16ClN5OS2. The molecule has 4 rings (SSSR count). The van der Waals surface area contributed by atoms with Crippen molar-refractivity contribution in [3.05, 3.63) is 64.6 Å². The Bertz CT molecular complexity index is 1080. The first kappa shape index (κ1) is 18.9. The second-order valence-electron chi connectivity index (χ2n) is 5.69. The zero-order valence-electron chi connectivity index (χ0n) is 14.9. The first-order valence-electron chi connectivity index (χ1n) is 8.59. The molecule has 0 fully saturated rings. The molecule has 0 unspecified atom stereocenters. The normalized spacial score (nSPS) is 10.9. The van der Waals surface area contributed by atoms with Crippen molar-refractivity contribution in [1.82, 2.24) is 25.2 Å². The van der Waals surface area contributed by atoms with Gasteiger partial charge in [-0.05, 0) is 35.5 Å². The highest BCUT2D eigenvalue weighted by molar-refractivity contribution is 7.98. The molecular weight excluding hydrogens is 414 g/mol. The van der Waals surface area contributed by atoms with E-state index >= 15 is 0 Å². The molecule has 142 valence electrons. The molecule has 6 nitrogen and oxygen atoms in total. The fraction of sp³-hybridized carbons (Fsp3) is 0.158. The summed E-state index contributed by atoms with van der Waals surface area (Å²) < 4.78 is 7.38. The van der Waals surface area contributed by atoms with E-state index in [1.165, 1.54) is 11.8 Å². The third-order valence-corrected chi connectivity index (χ3v) is 6.05. The summed E-state index contributed by atoms with van der Waals surface area (Å²) in [6.45, 7) is 2.52. The Morgan fingerprint density at radius 1 is 1.14 bits per heavy atom. The molecule has 0 spiro atoms. The van der Waals surface area contributed by atoms with Crippen LogP contribution in [-0.2, 0) is 5.75 Å². The number of thiazole rings is 1. The number of halogens is 1. The van der Waals surface area contributed by atoms with Gasteiger partial charge in [-0.25, -0.2) is 4.98 Å². The van der Waals surface area contributed by atoms with E-state index in [9.17, 15) is 0 Å². The number of aromatic nitrogens is 5. The van der Waals surface area contributed by atoms with Crippen LogP contribution in [0.2, 0.25) is 5.02 Å². The van der Waals surface area contributed by atoms with Gasteiger partial charge in [0, 0.05) is 16.7 Å². The molecule has 0 bridgehead atoms. The van der Waals surface area contributed by atoms with E-state index in [2.05, 4.69) is 15.5 Å². The minimum absolute atomic E-state index is 0.575. The molecule has 2 heterocycles. The van der Waals surface area contributed by atoms with E-state index in [1.54, 1.807) is 16.0 Å². The smallest absolute Gasteiger partial charge is 0.214 e. The fourth-order valence-electron chi connectivity index (χ4n) is 2.60. The Balaban J connectivity index is 1.52.